The van der Waals surface area contributed by atoms with E-state index in [0.29, 0.717) is 17.9 Å². The Labute approximate surface area is 212 Å². The summed E-state index contributed by atoms with van der Waals surface area (Å²) >= 11 is 11.3. The molecule has 0 saturated carbocycles. The summed E-state index contributed by atoms with van der Waals surface area (Å²) in [5.74, 6) is -1.16. The van der Waals surface area contributed by atoms with Gasteiger partial charge in [0.05, 0.1) is 17.7 Å². The molecule has 1 fully saturated rings. The number of carbonyl (C=O) groups is 2. The molecule has 2 aromatic rings. The van der Waals surface area contributed by atoms with E-state index in [-0.39, 0.29) is 34.9 Å². The Morgan fingerprint density at radius 1 is 1.21 bits per heavy atom. The molecule has 1 heterocycles. The highest BCUT2D eigenvalue weighted by atomic mass is 35.5. The Hall–Kier alpha value is -2.00. The summed E-state index contributed by atoms with van der Waals surface area (Å²) in [6, 6.07) is 13.5. The molecule has 10 heteroatoms. The summed E-state index contributed by atoms with van der Waals surface area (Å²) in [6.07, 6.45) is 0. The van der Waals surface area contributed by atoms with Crippen molar-refractivity contribution >= 4 is 45.9 Å². The SMILES string of the molecule is CC(=O)O.CC(C)(C)S(=O)CCN1C(=O)COCC1c1ccc(Cl)c(F)c1.Clc1ccccc1. The molecular weight excluding hydrogens is 504 g/mol. The maximum absolute atomic E-state index is 13.7. The number of hydrogen-bond acceptors (Lipinski definition) is 4. The third-order valence-corrected chi connectivity index (χ3v) is 6.94. The van der Waals surface area contributed by atoms with Crippen LogP contribution < -0.4 is 0 Å². The number of hydrogen-bond donors (Lipinski definition) is 1. The third-order valence-electron chi connectivity index (χ3n) is 4.46. The van der Waals surface area contributed by atoms with E-state index < -0.39 is 22.6 Å². The van der Waals surface area contributed by atoms with Crippen LogP contribution in [0.25, 0.3) is 0 Å². The maximum atomic E-state index is 13.7. The molecule has 1 aliphatic heterocycles. The second kappa shape index (κ2) is 14.4. The van der Waals surface area contributed by atoms with Gasteiger partial charge in [-0.3, -0.25) is 13.8 Å². The van der Waals surface area contributed by atoms with Crippen LogP contribution in [0.4, 0.5) is 4.39 Å². The van der Waals surface area contributed by atoms with Gasteiger partial charge in [-0.25, -0.2) is 4.39 Å². The zero-order valence-corrected chi connectivity index (χ0v) is 21.9. The molecule has 1 amide bonds. The number of ether oxygens (including phenoxy) is 1. The highest BCUT2D eigenvalue weighted by Crippen LogP contribution is 2.28. The molecule has 2 unspecified atom stereocenters. The van der Waals surface area contributed by atoms with Gasteiger partial charge < -0.3 is 14.7 Å². The summed E-state index contributed by atoms with van der Waals surface area (Å²) in [5.41, 5.74) is 0.626. The van der Waals surface area contributed by atoms with E-state index >= 15 is 0 Å². The lowest BCUT2D eigenvalue weighted by Crippen LogP contribution is -2.46. The molecule has 0 aliphatic carbocycles. The zero-order valence-electron chi connectivity index (χ0n) is 19.6. The lowest BCUT2D eigenvalue weighted by atomic mass is 10.0. The first kappa shape index (κ1) is 30.0. The minimum absolute atomic E-state index is 0.00523. The lowest BCUT2D eigenvalue weighted by Gasteiger charge is -2.36. The standard InChI is InChI=1S/C16H21ClFNO3S.C6H5Cl.C2H4O2/c1-16(2,3)23(21)7-6-19-14(9-22-10-15(19)20)11-4-5-12(17)13(18)8-11;7-6-4-2-1-3-5-6;1-2(3)4/h4-5,8,14H,6-7,9-10H2,1-3H3;1-5H;1H3,(H,3,4). The van der Waals surface area contributed by atoms with E-state index in [2.05, 4.69) is 0 Å². The second-order valence-corrected chi connectivity index (χ2v) is 11.4. The average molecular weight is 534 g/mol. The molecule has 3 rings (SSSR count). The van der Waals surface area contributed by atoms with Gasteiger partial charge in [0.1, 0.15) is 12.4 Å². The van der Waals surface area contributed by atoms with Crippen LogP contribution in [-0.2, 0) is 25.1 Å². The lowest BCUT2D eigenvalue weighted by molar-refractivity contribution is -0.148. The number of carbonyl (C=O) groups excluding carboxylic acids is 1. The topological polar surface area (TPSA) is 83.9 Å². The van der Waals surface area contributed by atoms with E-state index in [1.54, 1.807) is 11.0 Å². The van der Waals surface area contributed by atoms with Crippen LogP contribution in [0.3, 0.4) is 0 Å². The Morgan fingerprint density at radius 2 is 1.79 bits per heavy atom. The first-order valence-corrected chi connectivity index (χ1v) is 12.5. The number of nitrogens with zero attached hydrogens (tertiary/aromatic N) is 1. The third kappa shape index (κ3) is 11.0. The summed E-state index contributed by atoms with van der Waals surface area (Å²) in [7, 11) is -1.06. The van der Waals surface area contributed by atoms with Gasteiger partial charge in [-0.1, -0.05) is 47.5 Å². The van der Waals surface area contributed by atoms with E-state index in [9.17, 15) is 13.4 Å². The first-order chi connectivity index (χ1) is 15.8. The average Bonchev–Trinajstić information content (AvgIpc) is 2.74. The number of amides is 1. The van der Waals surface area contributed by atoms with Crippen LogP contribution in [0.5, 0.6) is 0 Å². The van der Waals surface area contributed by atoms with Crippen molar-refractivity contribution in [2.75, 3.05) is 25.5 Å². The summed E-state index contributed by atoms with van der Waals surface area (Å²) in [5, 5.41) is 8.25. The van der Waals surface area contributed by atoms with Gasteiger partial charge in [0.2, 0.25) is 5.91 Å². The minimum atomic E-state index is -1.06. The van der Waals surface area contributed by atoms with Crippen LogP contribution in [0, 0.1) is 5.82 Å². The molecule has 1 saturated heterocycles. The predicted molar refractivity (Wildman–Crippen MR) is 134 cm³/mol. The Morgan fingerprint density at radius 3 is 2.26 bits per heavy atom. The molecule has 2 aromatic carbocycles. The van der Waals surface area contributed by atoms with Crippen LogP contribution >= 0.6 is 23.2 Å². The van der Waals surface area contributed by atoms with Crippen molar-refractivity contribution in [3.05, 3.63) is 70.0 Å². The Bertz CT molecular complexity index is 966. The number of benzene rings is 2. The second-order valence-electron chi connectivity index (χ2n) is 8.27. The number of halogens is 3. The van der Waals surface area contributed by atoms with Gasteiger partial charge >= 0.3 is 0 Å². The highest BCUT2D eigenvalue weighted by molar-refractivity contribution is 7.86. The molecule has 34 heavy (non-hydrogen) atoms. The minimum Gasteiger partial charge on any atom is -0.481 e. The van der Waals surface area contributed by atoms with Crippen LogP contribution in [0.2, 0.25) is 10.0 Å². The molecule has 0 radical (unpaired) electrons. The summed E-state index contributed by atoms with van der Waals surface area (Å²) in [6.45, 7) is 7.41. The zero-order chi connectivity index (χ0) is 25.9. The predicted octanol–water partition coefficient (Wildman–Crippen LogP) is 5.36. The number of rotatable bonds is 4. The van der Waals surface area contributed by atoms with Crippen LogP contribution in [0.15, 0.2) is 48.5 Å². The Kier molecular flexibility index (Phi) is 12.7. The molecule has 1 aliphatic rings. The van der Waals surface area contributed by atoms with Crippen molar-refractivity contribution in [1.82, 2.24) is 4.90 Å². The fraction of sp³-hybridized carbons (Fsp3) is 0.417. The van der Waals surface area contributed by atoms with Crippen LogP contribution in [-0.4, -0.2) is 56.4 Å². The summed E-state index contributed by atoms with van der Waals surface area (Å²) in [4.78, 5) is 22.8. The van der Waals surface area contributed by atoms with E-state index in [4.69, 9.17) is 37.8 Å². The van der Waals surface area contributed by atoms with Crippen molar-refractivity contribution in [3.63, 3.8) is 0 Å². The van der Waals surface area contributed by atoms with Gasteiger partial charge in [0.15, 0.2) is 0 Å². The molecule has 1 N–H and O–H groups in total. The van der Waals surface area contributed by atoms with Crippen molar-refractivity contribution in [2.45, 2.75) is 38.5 Å². The van der Waals surface area contributed by atoms with Gasteiger partial charge in [-0.05, 0) is 50.6 Å². The summed E-state index contributed by atoms with van der Waals surface area (Å²) < 4.78 is 30.9. The van der Waals surface area contributed by atoms with E-state index in [1.165, 1.54) is 12.1 Å². The molecule has 0 bridgehead atoms. The first-order valence-electron chi connectivity index (χ1n) is 10.4. The fourth-order valence-corrected chi connectivity index (χ4v) is 4.02. The number of carboxylic acids is 1. The van der Waals surface area contributed by atoms with Crippen molar-refractivity contribution in [3.8, 4) is 0 Å². The van der Waals surface area contributed by atoms with Gasteiger partial charge in [0.25, 0.3) is 5.97 Å². The van der Waals surface area contributed by atoms with Crippen molar-refractivity contribution in [2.24, 2.45) is 0 Å². The quantitative estimate of drug-likeness (QED) is 0.571. The molecule has 188 valence electrons. The van der Waals surface area contributed by atoms with Gasteiger partial charge in [-0.15, -0.1) is 0 Å². The largest absolute Gasteiger partial charge is 0.481 e. The number of carboxylic acid groups (broad SMARTS) is 1. The number of morpholine rings is 1. The molecule has 0 aromatic heterocycles. The van der Waals surface area contributed by atoms with Gasteiger partial charge in [-0.2, -0.15) is 0 Å². The normalized spacial score (nSPS) is 16.5. The van der Waals surface area contributed by atoms with Crippen molar-refractivity contribution in [1.29, 1.82) is 0 Å². The fourth-order valence-electron chi connectivity index (χ4n) is 2.78. The molecule has 2 atom stereocenters. The number of aliphatic carboxylic acids is 1. The van der Waals surface area contributed by atoms with E-state index in [1.807, 2.05) is 51.1 Å². The molecule has 0 spiro atoms. The van der Waals surface area contributed by atoms with Gasteiger partial charge in [0, 0.05) is 39.8 Å². The van der Waals surface area contributed by atoms with E-state index in [0.717, 1.165) is 11.9 Å². The maximum Gasteiger partial charge on any atom is 0.300 e. The highest BCUT2D eigenvalue weighted by Gasteiger charge is 2.31. The monoisotopic (exact) mass is 533 g/mol. The van der Waals surface area contributed by atoms with Crippen LogP contribution in [0.1, 0.15) is 39.3 Å². The molecular formula is C24H30Cl2FNO5S. The Balaban J connectivity index is 0.000000432. The smallest absolute Gasteiger partial charge is 0.300 e. The molecule has 6 nitrogen and oxygen atoms in total. The van der Waals surface area contributed by atoms with Crippen molar-refractivity contribution < 1.29 is 28.0 Å².